The van der Waals surface area contributed by atoms with Gasteiger partial charge in [-0.05, 0) is 61.2 Å². The van der Waals surface area contributed by atoms with E-state index in [0.717, 1.165) is 48.6 Å². The van der Waals surface area contributed by atoms with Crippen molar-refractivity contribution in [1.82, 2.24) is 24.6 Å². The molecule has 2 aromatic heterocycles. The van der Waals surface area contributed by atoms with Gasteiger partial charge in [-0.2, -0.15) is 0 Å². The molecule has 0 saturated carbocycles. The fourth-order valence-electron chi connectivity index (χ4n) is 5.44. The number of hydrogen-bond acceptors (Lipinski definition) is 10. The second-order valence-electron chi connectivity index (χ2n) is 11.5. The van der Waals surface area contributed by atoms with Crippen LogP contribution < -0.4 is 15.3 Å². The second kappa shape index (κ2) is 18.1. The first kappa shape index (κ1) is 35.4. The van der Waals surface area contributed by atoms with Crippen LogP contribution in [0.3, 0.4) is 0 Å². The van der Waals surface area contributed by atoms with E-state index in [1.54, 1.807) is 4.57 Å². The van der Waals surface area contributed by atoms with Crippen molar-refractivity contribution in [3.8, 4) is 5.75 Å². The average Bonchev–Trinajstić information content (AvgIpc) is 3.70. The first-order valence-corrected chi connectivity index (χ1v) is 17.8. The normalized spacial score (nSPS) is 17.1. The van der Waals surface area contributed by atoms with Crippen LogP contribution in [0.15, 0.2) is 79.1 Å². The van der Waals surface area contributed by atoms with Crippen molar-refractivity contribution in [3.05, 3.63) is 90.0 Å². The van der Waals surface area contributed by atoms with Crippen LogP contribution in [0.5, 0.6) is 5.75 Å². The monoisotopic (exact) mass is 692 g/mol. The number of anilines is 1. The summed E-state index contributed by atoms with van der Waals surface area (Å²) < 4.78 is 25.5. The largest absolute Gasteiger partial charge is 0.468 e. The van der Waals surface area contributed by atoms with Crippen LogP contribution in [0.4, 0.5) is 5.82 Å². The van der Waals surface area contributed by atoms with Crippen molar-refractivity contribution < 1.29 is 23.3 Å². The molecule has 3 aromatic carbocycles. The Labute approximate surface area is 287 Å². The van der Waals surface area contributed by atoms with Crippen LogP contribution in [0.1, 0.15) is 57.7 Å². The van der Waals surface area contributed by atoms with Crippen molar-refractivity contribution in [3.63, 3.8) is 0 Å². The van der Waals surface area contributed by atoms with E-state index in [9.17, 15) is 4.79 Å². The van der Waals surface area contributed by atoms with Crippen LogP contribution in [-0.4, -0.2) is 51.4 Å². The van der Waals surface area contributed by atoms with Gasteiger partial charge in [-0.1, -0.05) is 86.5 Å². The molecular weight excluding hydrogens is 651 g/mol. The third-order valence-electron chi connectivity index (χ3n) is 7.79. The molecule has 0 spiro atoms. The molecule has 0 aliphatic carbocycles. The van der Waals surface area contributed by atoms with E-state index in [0.29, 0.717) is 30.8 Å². The molecule has 6 rings (SSSR count). The van der Waals surface area contributed by atoms with Crippen molar-refractivity contribution in [2.75, 3.05) is 18.9 Å². The Kier molecular flexibility index (Phi) is 13.3. The number of carbonyl (C=O) groups is 1. The Morgan fingerprint density at radius 3 is 2.69 bits per heavy atom. The number of fused-ring (bicyclic) bond motifs is 2. The first-order valence-electron chi connectivity index (χ1n) is 16.2. The fourth-order valence-corrected chi connectivity index (χ4v) is 6.98. The average molecular weight is 693 g/mol. The standard InChI is InChI=1S/C29H30ClN6O3P.C6H12O2/c1-19(16-20-8-3-2-4-9-20)35-40(39-24-13-7-11-21-10-5-6-12-23(21)24)37-17-22-14-15-25(38-22)36-28-26(34-29(36)30)27(31)32-18-33-28;1-2-3-4-5-8-6-7/h2-13,18-19,22,25,35H,14-17H2,1H3,(H2,31,32,33);6H,2-5H2,1H3. The van der Waals surface area contributed by atoms with Crippen LogP contribution >= 0.6 is 20.1 Å². The molecule has 1 aliphatic heterocycles. The van der Waals surface area contributed by atoms with Gasteiger partial charge < -0.3 is 24.3 Å². The second-order valence-corrected chi connectivity index (χ2v) is 13.0. The van der Waals surface area contributed by atoms with Crippen LogP contribution in [-0.2, 0) is 25.2 Å². The minimum Gasteiger partial charge on any atom is -0.468 e. The molecule has 3 N–H and O–H groups in total. The number of carbonyl (C=O) groups excluding carboxylic acids is 1. The number of benzene rings is 3. The van der Waals surface area contributed by atoms with Crippen molar-refractivity contribution in [2.24, 2.45) is 0 Å². The van der Waals surface area contributed by atoms with Gasteiger partial charge in [0.25, 0.3) is 6.47 Å². The molecule has 4 unspecified atom stereocenters. The van der Waals surface area contributed by atoms with Crippen molar-refractivity contribution in [2.45, 2.75) is 70.7 Å². The molecule has 3 heterocycles. The molecule has 0 radical (unpaired) electrons. The molecule has 254 valence electrons. The first-order chi connectivity index (χ1) is 23.5. The number of nitrogens with two attached hydrogens (primary N) is 1. The third kappa shape index (κ3) is 9.61. The minimum absolute atomic E-state index is 0.127. The highest BCUT2D eigenvalue weighted by Crippen LogP contribution is 2.41. The summed E-state index contributed by atoms with van der Waals surface area (Å²) in [6.07, 6.45) is 6.62. The molecule has 4 atom stereocenters. The van der Waals surface area contributed by atoms with Gasteiger partial charge in [-0.25, -0.2) is 20.0 Å². The summed E-state index contributed by atoms with van der Waals surface area (Å²) in [7, 11) is -1.47. The summed E-state index contributed by atoms with van der Waals surface area (Å²) in [5, 5.41) is 6.00. The van der Waals surface area contributed by atoms with E-state index in [2.05, 4.69) is 81.1 Å². The highest BCUT2D eigenvalue weighted by atomic mass is 35.5. The Morgan fingerprint density at radius 2 is 1.88 bits per heavy atom. The van der Waals surface area contributed by atoms with Gasteiger partial charge in [-0.3, -0.25) is 9.36 Å². The number of rotatable bonds is 15. The lowest BCUT2D eigenvalue weighted by Crippen LogP contribution is -2.27. The van der Waals surface area contributed by atoms with E-state index < -0.39 is 8.53 Å². The van der Waals surface area contributed by atoms with E-state index in [-0.39, 0.29) is 29.5 Å². The van der Waals surface area contributed by atoms with Crippen molar-refractivity contribution >= 4 is 54.4 Å². The van der Waals surface area contributed by atoms with Gasteiger partial charge in [0.05, 0.1) is 19.3 Å². The zero-order valence-corrected chi connectivity index (χ0v) is 28.9. The zero-order chi connectivity index (χ0) is 33.7. The molecule has 1 saturated heterocycles. The summed E-state index contributed by atoms with van der Waals surface area (Å²) in [5.41, 5.74) is 8.24. The topological polar surface area (TPSA) is 136 Å². The molecular formula is C35H42ClN6O5P. The fraction of sp³-hybridized carbons (Fsp3) is 0.371. The lowest BCUT2D eigenvalue weighted by atomic mass is 10.1. The van der Waals surface area contributed by atoms with Crippen LogP contribution in [0.25, 0.3) is 21.9 Å². The Balaban J connectivity index is 0.000000503. The number of nitrogens with one attached hydrogen (secondary N) is 1. The summed E-state index contributed by atoms with van der Waals surface area (Å²) in [5.74, 6) is 1.07. The highest BCUT2D eigenvalue weighted by Gasteiger charge is 2.32. The molecule has 11 nitrogen and oxygen atoms in total. The third-order valence-corrected chi connectivity index (χ3v) is 9.45. The number of hydrogen-bond donors (Lipinski definition) is 2. The summed E-state index contributed by atoms with van der Waals surface area (Å²) in [6.45, 7) is 5.69. The predicted octanol–water partition coefficient (Wildman–Crippen LogP) is 7.79. The van der Waals surface area contributed by atoms with Crippen LogP contribution in [0, 0.1) is 0 Å². The number of ether oxygens (including phenoxy) is 2. The maximum atomic E-state index is 9.55. The van der Waals surface area contributed by atoms with Gasteiger partial charge in [-0.15, -0.1) is 0 Å². The summed E-state index contributed by atoms with van der Waals surface area (Å²) >= 11 is 6.45. The Hall–Kier alpha value is -3.86. The predicted molar refractivity (Wildman–Crippen MR) is 190 cm³/mol. The number of halogens is 1. The number of aromatic nitrogens is 4. The number of imidazole rings is 1. The number of nitrogen functional groups attached to an aromatic ring is 1. The molecule has 1 aliphatic rings. The smallest absolute Gasteiger partial charge is 0.318 e. The summed E-state index contributed by atoms with van der Waals surface area (Å²) in [6, 6.07) is 24.7. The zero-order valence-electron chi connectivity index (χ0n) is 27.2. The number of nitrogens with zero attached hydrogens (tertiary/aromatic N) is 4. The quantitative estimate of drug-likeness (QED) is 0.0484. The SMILES string of the molecule is CC(Cc1ccccc1)NP(OCC1CCC(n2c(Cl)nc3c(N)ncnc32)O1)Oc1cccc2ccccc12.CCCCCOC=O. The Morgan fingerprint density at radius 1 is 1.08 bits per heavy atom. The van der Waals surface area contributed by atoms with Crippen LogP contribution in [0.2, 0.25) is 5.28 Å². The minimum atomic E-state index is -1.47. The van der Waals surface area contributed by atoms with E-state index in [1.807, 2.05) is 30.3 Å². The van der Waals surface area contributed by atoms with Gasteiger partial charge in [0.15, 0.2) is 17.0 Å². The molecule has 48 heavy (non-hydrogen) atoms. The lowest BCUT2D eigenvalue weighted by Gasteiger charge is -2.24. The molecule has 0 amide bonds. The summed E-state index contributed by atoms with van der Waals surface area (Å²) in [4.78, 5) is 22.2. The molecule has 13 heteroatoms. The maximum Gasteiger partial charge on any atom is 0.318 e. The van der Waals surface area contributed by atoms with E-state index in [1.165, 1.54) is 18.3 Å². The van der Waals surface area contributed by atoms with Gasteiger partial charge in [0.1, 0.15) is 18.3 Å². The number of unbranched alkanes of at least 4 members (excludes halogenated alkanes) is 2. The van der Waals surface area contributed by atoms with Gasteiger partial charge in [0.2, 0.25) is 5.28 Å². The Bertz CT molecular complexity index is 1740. The van der Waals surface area contributed by atoms with Crippen molar-refractivity contribution in [1.29, 1.82) is 0 Å². The lowest BCUT2D eigenvalue weighted by molar-refractivity contribution is -0.128. The molecule has 0 bridgehead atoms. The highest BCUT2D eigenvalue weighted by molar-refractivity contribution is 7.45. The maximum absolute atomic E-state index is 9.55. The van der Waals surface area contributed by atoms with Gasteiger partial charge in [0, 0.05) is 11.4 Å². The van der Waals surface area contributed by atoms with Gasteiger partial charge >= 0.3 is 8.53 Å². The van der Waals surface area contributed by atoms with E-state index in [4.69, 9.17) is 31.1 Å². The van der Waals surface area contributed by atoms with E-state index >= 15 is 0 Å². The molecule has 1 fully saturated rings. The molecule has 5 aromatic rings.